The van der Waals surface area contributed by atoms with Crippen LogP contribution in [0.4, 0.5) is 0 Å². The van der Waals surface area contributed by atoms with Gasteiger partial charge in [0.15, 0.2) is 0 Å². The first-order valence-corrected chi connectivity index (χ1v) is 9.04. The number of halogens is 3. The summed E-state index contributed by atoms with van der Waals surface area (Å²) in [6, 6.07) is 0. The van der Waals surface area contributed by atoms with Gasteiger partial charge in [-0.25, -0.2) is 0 Å². The third-order valence-electron chi connectivity index (χ3n) is 6.12. The standard InChI is InChI=1S/C15H21Br2ClO/c1-12(2)9(16)7-11-14(4,19-11)15(12)6-5-13(3,18)10(17)8-15/h7,10-11H,5-6,8H2,1-4H3/t10-,11+,13-,14+,15+/m0/s1. The fraction of sp³-hybridized carbons (Fsp3) is 0.867. The third-order valence-corrected chi connectivity index (χ3v) is 9.43. The molecule has 1 nitrogen and oxygen atoms in total. The molecule has 0 bridgehead atoms. The quantitative estimate of drug-likeness (QED) is 0.384. The molecule has 0 aromatic carbocycles. The lowest BCUT2D eigenvalue weighted by atomic mass is 9.49. The first-order valence-electron chi connectivity index (χ1n) is 6.95. The summed E-state index contributed by atoms with van der Waals surface area (Å²) in [4.78, 5) is 0.185. The maximum absolute atomic E-state index is 6.65. The van der Waals surface area contributed by atoms with Gasteiger partial charge in [0, 0.05) is 20.1 Å². The SMILES string of the molecule is CC1(C)C(Br)=C[C@H]2O[C@@]2(C)[C@@]12CC[C@](C)(Cl)[C@@H](Br)C2. The lowest BCUT2D eigenvalue weighted by Gasteiger charge is -2.57. The van der Waals surface area contributed by atoms with Crippen LogP contribution in [-0.2, 0) is 4.74 Å². The minimum absolute atomic E-state index is 0.0207. The second-order valence-electron chi connectivity index (χ2n) is 7.32. The summed E-state index contributed by atoms with van der Waals surface area (Å²) < 4.78 is 7.40. The van der Waals surface area contributed by atoms with Gasteiger partial charge in [-0.1, -0.05) is 45.7 Å². The van der Waals surface area contributed by atoms with E-state index in [1.807, 2.05) is 0 Å². The van der Waals surface area contributed by atoms with E-state index in [-0.39, 0.29) is 27.4 Å². The second-order valence-corrected chi connectivity index (χ2v) is 10.1. The Kier molecular flexibility index (Phi) is 3.15. The van der Waals surface area contributed by atoms with Crippen molar-refractivity contribution in [2.24, 2.45) is 10.8 Å². The third kappa shape index (κ3) is 1.74. The van der Waals surface area contributed by atoms with E-state index in [4.69, 9.17) is 16.3 Å². The first kappa shape index (κ1) is 14.9. The Hall–Kier alpha value is 0.950. The van der Waals surface area contributed by atoms with Gasteiger partial charge < -0.3 is 4.74 Å². The van der Waals surface area contributed by atoms with E-state index in [0.717, 1.165) is 19.3 Å². The summed E-state index contributed by atoms with van der Waals surface area (Å²) in [5, 5.41) is 0. The maximum atomic E-state index is 6.65. The zero-order valence-electron chi connectivity index (χ0n) is 11.9. The molecule has 1 saturated carbocycles. The smallest absolute Gasteiger partial charge is 0.107 e. The number of hydrogen-bond donors (Lipinski definition) is 0. The van der Waals surface area contributed by atoms with Crippen molar-refractivity contribution in [3.63, 3.8) is 0 Å². The van der Waals surface area contributed by atoms with Crippen molar-refractivity contribution in [2.45, 2.75) is 68.4 Å². The van der Waals surface area contributed by atoms with Gasteiger partial charge in [-0.3, -0.25) is 0 Å². The summed E-state index contributed by atoms with van der Waals surface area (Å²) in [7, 11) is 0. The molecule has 5 atom stereocenters. The second kappa shape index (κ2) is 4.02. The number of rotatable bonds is 0. The minimum Gasteiger partial charge on any atom is -0.361 e. The number of hydrogen-bond acceptors (Lipinski definition) is 1. The molecule has 0 unspecified atom stereocenters. The minimum atomic E-state index is -0.143. The summed E-state index contributed by atoms with van der Waals surface area (Å²) in [5.74, 6) is 0. The van der Waals surface area contributed by atoms with Gasteiger partial charge in [0.1, 0.15) is 11.7 Å². The lowest BCUT2D eigenvalue weighted by molar-refractivity contribution is -0.0251. The van der Waals surface area contributed by atoms with Gasteiger partial charge in [-0.05, 0) is 39.2 Å². The monoisotopic (exact) mass is 410 g/mol. The number of epoxide rings is 1. The Bertz CT molecular complexity index is 459. The van der Waals surface area contributed by atoms with Crippen molar-refractivity contribution in [1.29, 1.82) is 0 Å². The molecule has 1 saturated heterocycles. The number of alkyl halides is 2. The molecule has 0 aromatic rings. The lowest BCUT2D eigenvalue weighted by Crippen LogP contribution is -2.57. The summed E-state index contributed by atoms with van der Waals surface area (Å²) in [6.07, 6.45) is 5.74. The Labute approximate surface area is 137 Å². The van der Waals surface area contributed by atoms with Crippen LogP contribution in [0.5, 0.6) is 0 Å². The molecular weight excluding hydrogens is 391 g/mol. The van der Waals surface area contributed by atoms with Gasteiger partial charge in [0.25, 0.3) is 0 Å². The zero-order valence-corrected chi connectivity index (χ0v) is 15.8. The average molecular weight is 413 g/mol. The average Bonchev–Trinajstić information content (AvgIpc) is 2.94. The number of ether oxygens (including phenoxy) is 1. The molecule has 2 fully saturated rings. The Morgan fingerprint density at radius 3 is 2.47 bits per heavy atom. The van der Waals surface area contributed by atoms with Crippen LogP contribution >= 0.6 is 43.5 Å². The largest absolute Gasteiger partial charge is 0.361 e. The molecule has 0 amide bonds. The van der Waals surface area contributed by atoms with Crippen molar-refractivity contribution in [2.75, 3.05) is 0 Å². The van der Waals surface area contributed by atoms with Crippen molar-refractivity contribution in [3.8, 4) is 0 Å². The highest BCUT2D eigenvalue weighted by Crippen LogP contribution is 2.71. The summed E-state index contributed by atoms with van der Waals surface area (Å²) >= 11 is 14.3. The fourth-order valence-corrected chi connectivity index (χ4v) is 5.82. The molecule has 0 aromatic heterocycles. The van der Waals surface area contributed by atoms with Crippen LogP contribution in [0.3, 0.4) is 0 Å². The molecule has 3 aliphatic rings. The Morgan fingerprint density at radius 2 is 1.89 bits per heavy atom. The van der Waals surface area contributed by atoms with Crippen LogP contribution in [0.25, 0.3) is 0 Å². The van der Waals surface area contributed by atoms with Crippen LogP contribution in [0, 0.1) is 10.8 Å². The van der Waals surface area contributed by atoms with Gasteiger partial charge in [0.05, 0.1) is 4.87 Å². The molecule has 1 aliphatic heterocycles. The van der Waals surface area contributed by atoms with Crippen molar-refractivity contribution >= 4 is 43.5 Å². The highest BCUT2D eigenvalue weighted by molar-refractivity contribution is 9.11. The van der Waals surface area contributed by atoms with Crippen LogP contribution in [0.2, 0.25) is 0 Å². The molecule has 3 rings (SSSR count). The molecule has 1 heterocycles. The molecule has 2 aliphatic carbocycles. The molecule has 1 spiro atoms. The molecular formula is C15H21Br2ClO. The summed E-state index contributed by atoms with van der Waals surface area (Å²) in [6.45, 7) is 9.11. The van der Waals surface area contributed by atoms with Crippen LogP contribution in [-0.4, -0.2) is 21.4 Å². The fourth-order valence-electron chi connectivity index (χ4n) is 4.25. The van der Waals surface area contributed by atoms with Gasteiger partial charge in [0.2, 0.25) is 0 Å². The maximum Gasteiger partial charge on any atom is 0.107 e. The normalized spacial score (nSPS) is 55.6. The van der Waals surface area contributed by atoms with E-state index in [0.29, 0.717) is 4.83 Å². The van der Waals surface area contributed by atoms with Crippen molar-refractivity contribution in [3.05, 3.63) is 10.6 Å². The predicted octanol–water partition coefficient (Wildman–Crippen LogP) is 5.39. The number of allylic oxidation sites excluding steroid dienone is 1. The van der Waals surface area contributed by atoms with E-state index >= 15 is 0 Å². The highest BCUT2D eigenvalue weighted by Gasteiger charge is 2.73. The van der Waals surface area contributed by atoms with E-state index in [9.17, 15) is 0 Å². The molecule has 108 valence electrons. The van der Waals surface area contributed by atoms with E-state index in [1.54, 1.807) is 0 Å². The predicted molar refractivity (Wildman–Crippen MR) is 87.3 cm³/mol. The molecule has 0 N–H and O–H groups in total. The van der Waals surface area contributed by atoms with Crippen LogP contribution in [0.15, 0.2) is 10.6 Å². The van der Waals surface area contributed by atoms with Crippen molar-refractivity contribution < 1.29 is 4.74 Å². The van der Waals surface area contributed by atoms with E-state index in [2.05, 4.69) is 65.6 Å². The van der Waals surface area contributed by atoms with E-state index < -0.39 is 0 Å². The van der Waals surface area contributed by atoms with Crippen LogP contribution in [0.1, 0.15) is 47.0 Å². The topological polar surface area (TPSA) is 12.5 Å². The Morgan fingerprint density at radius 1 is 1.26 bits per heavy atom. The molecule has 19 heavy (non-hydrogen) atoms. The Balaban J connectivity index is 2.06. The van der Waals surface area contributed by atoms with Gasteiger partial charge >= 0.3 is 0 Å². The highest BCUT2D eigenvalue weighted by atomic mass is 79.9. The zero-order chi connectivity index (χ0) is 14.3. The van der Waals surface area contributed by atoms with Crippen molar-refractivity contribution in [1.82, 2.24) is 0 Å². The van der Waals surface area contributed by atoms with E-state index in [1.165, 1.54) is 4.48 Å². The molecule has 0 radical (unpaired) electrons. The van der Waals surface area contributed by atoms with Gasteiger partial charge in [-0.2, -0.15) is 0 Å². The molecule has 4 heteroatoms. The first-order chi connectivity index (χ1) is 8.57. The summed E-state index contributed by atoms with van der Waals surface area (Å²) in [5.41, 5.74) is 0.224. The van der Waals surface area contributed by atoms with Gasteiger partial charge in [-0.15, -0.1) is 11.6 Å². The number of fused-ring (bicyclic) bond motifs is 2. The van der Waals surface area contributed by atoms with Crippen LogP contribution < -0.4 is 0 Å².